The summed E-state index contributed by atoms with van der Waals surface area (Å²) in [5.41, 5.74) is 5.48. The molecule has 3 rings (SSSR count). The van der Waals surface area contributed by atoms with Gasteiger partial charge in [0.25, 0.3) is 0 Å². The summed E-state index contributed by atoms with van der Waals surface area (Å²) in [5, 5.41) is 4.30. The number of aryl methyl sites for hydroxylation is 2. The molecule has 1 aliphatic carbocycles. The predicted molar refractivity (Wildman–Crippen MR) is 94.3 cm³/mol. The van der Waals surface area contributed by atoms with E-state index in [-0.39, 0.29) is 6.04 Å². The predicted octanol–water partition coefficient (Wildman–Crippen LogP) is 6.15. The minimum absolute atomic E-state index is 0.273. The van der Waals surface area contributed by atoms with Crippen LogP contribution in [0.2, 0.25) is 5.02 Å². The van der Waals surface area contributed by atoms with E-state index < -0.39 is 0 Å². The van der Waals surface area contributed by atoms with Crippen molar-refractivity contribution in [1.29, 1.82) is 0 Å². The Morgan fingerprint density at radius 2 is 1.81 bits per heavy atom. The van der Waals surface area contributed by atoms with Gasteiger partial charge in [-0.1, -0.05) is 29.8 Å². The minimum atomic E-state index is 0.273. The second-order valence-corrected chi connectivity index (χ2v) is 7.02. The molecule has 0 fully saturated rings. The molecule has 110 valence electrons. The van der Waals surface area contributed by atoms with Crippen molar-refractivity contribution in [3.8, 4) is 0 Å². The molecule has 21 heavy (non-hydrogen) atoms. The smallest absolute Gasteiger partial charge is 0.0490 e. The Hall–Kier alpha value is -0.990. The van der Waals surface area contributed by atoms with Crippen molar-refractivity contribution in [2.75, 3.05) is 5.32 Å². The molecule has 0 radical (unpaired) electrons. The van der Waals surface area contributed by atoms with E-state index in [4.69, 9.17) is 11.6 Å². The fourth-order valence-electron chi connectivity index (χ4n) is 2.95. The van der Waals surface area contributed by atoms with Gasteiger partial charge in [0.1, 0.15) is 0 Å². The molecule has 1 unspecified atom stereocenters. The van der Waals surface area contributed by atoms with E-state index in [1.807, 2.05) is 18.2 Å². The van der Waals surface area contributed by atoms with Gasteiger partial charge >= 0.3 is 0 Å². The van der Waals surface area contributed by atoms with Crippen molar-refractivity contribution >= 4 is 33.2 Å². The van der Waals surface area contributed by atoms with E-state index in [2.05, 4.69) is 46.4 Å². The molecule has 2 aromatic rings. The van der Waals surface area contributed by atoms with Gasteiger partial charge in [-0.3, -0.25) is 0 Å². The topological polar surface area (TPSA) is 12.0 Å². The molecule has 0 saturated carbocycles. The molecule has 0 aromatic heterocycles. The first-order valence-electron chi connectivity index (χ1n) is 7.47. The van der Waals surface area contributed by atoms with Crippen molar-refractivity contribution in [1.82, 2.24) is 0 Å². The lowest BCUT2D eigenvalue weighted by molar-refractivity contribution is 0.683. The molecular weight excluding hydrogens is 346 g/mol. The van der Waals surface area contributed by atoms with E-state index in [0.29, 0.717) is 0 Å². The van der Waals surface area contributed by atoms with Crippen LogP contribution in [0.25, 0.3) is 0 Å². The molecule has 0 aliphatic heterocycles. The number of rotatable bonds is 3. The van der Waals surface area contributed by atoms with Gasteiger partial charge in [0.2, 0.25) is 0 Å². The van der Waals surface area contributed by atoms with Gasteiger partial charge < -0.3 is 5.32 Å². The van der Waals surface area contributed by atoms with Gasteiger partial charge in [-0.05, 0) is 83.4 Å². The number of nitrogens with one attached hydrogen (secondary N) is 1. The van der Waals surface area contributed by atoms with Crippen LogP contribution < -0.4 is 5.32 Å². The van der Waals surface area contributed by atoms with E-state index in [1.54, 1.807) is 0 Å². The highest BCUT2D eigenvalue weighted by molar-refractivity contribution is 9.10. The van der Waals surface area contributed by atoms with Gasteiger partial charge in [-0.25, -0.2) is 0 Å². The van der Waals surface area contributed by atoms with Crippen molar-refractivity contribution in [2.45, 2.75) is 38.6 Å². The first kappa shape index (κ1) is 14.9. The molecule has 0 amide bonds. The van der Waals surface area contributed by atoms with Crippen molar-refractivity contribution < 1.29 is 0 Å². The molecule has 1 aliphatic rings. The highest BCUT2D eigenvalue weighted by atomic mass is 79.9. The molecule has 1 atom stereocenters. The number of fused-ring (bicyclic) bond motifs is 1. The zero-order chi connectivity index (χ0) is 14.8. The second-order valence-electron chi connectivity index (χ2n) is 5.73. The third-order valence-corrected chi connectivity index (χ3v) is 5.07. The number of benzene rings is 2. The molecule has 2 aromatic carbocycles. The Morgan fingerprint density at radius 3 is 2.57 bits per heavy atom. The van der Waals surface area contributed by atoms with Gasteiger partial charge in [0.15, 0.2) is 0 Å². The summed E-state index contributed by atoms with van der Waals surface area (Å²) in [5.74, 6) is 0. The SMILES string of the molecule is CC(Nc1ccc(Cl)cc1Br)c1ccc2c(c1)CCCC2. The average Bonchev–Trinajstić information content (AvgIpc) is 2.49. The van der Waals surface area contributed by atoms with E-state index in [9.17, 15) is 0 Å². The third kappa shape index (κ3) is 3.44. The summed E-state index contributed by atoms with van der Waals surface area (Å²) in [6.07, 6.45) is 5.11. The summed E-state index contributed by atoms with van der Waals surface area (Å²) in [6, 6.07) is 13.1. The van der Waals surface area contributed by atoms with Crippen LogP contribution in [0, 0.1) is 0 Å². The van der Waals surface area contributed by atoms with Crippen molar-refractivity contribution in [2.24, 2.45) is 0 Å². The summed E-state index contributed by atoms with van der Waals surface area (Å²) < 4.78 is 1.000. The van der Waals surface area contributed by atoms with Crippen molar-refractivity contribution in [3.63, 3.8) is 0 Å². The van der Waals surface area contributed by atoms with Gasteiger partial charge in [0, 0.05) is 21.2 Å². The lowest BCUT2D eigenvalue weighted by Crippen LogP contribution is -2.09. The molecule has 3 heteroatoms. The van der Waals surface area contributed by atoms with Crippen LogP contribution in [0.5, 0.6) is 0 Å². The zero-order valence-electron chi connectivity index (χ0n) is 12.1. The van der Waals surface area contributed by atoms with Crippen LogP contribution in [0.3, 0.4) is 0 Å². The number of hydrogen-bond acceptors (Lipinski definition) is 1. The quantitative estimate of drug-likeness (QED) is 0.688. The van der Waals surface area contributed by atoms with E-state index in [1.165, 1.54) is 42.4 Å². The zero-order valence-corrected chi connectivity index (χ0v) is 14.5. The second kappa shape index (κ2) is 6.41. The molecule has 1 N–H and O–H groups in total. The maximum atomic E-state index is 5.99. The molecule has 0 heterocycles. The molecular formula is C18H19BrClN. The lowest BCUT2D eigenvalue weighted by atomic mass is 9.89. The number of halogens is 2. The summed E-state index contributed by atoms with van der Waals surface area (Å²) in [4.78, 5) is 0. The first-order chi connectivity index (χ1) is 10.1. The maximum Gasteiger partial charge on any atom is 0.0490 e. The average molecular weight is 365 g/mol. The monoisotopic (exact) mass is 363 g/mol. The van der Waals surface area contributed by atoms with Gasteiger partial charge in [-0.2, -0.15) is 0 Å². The highest BCUT2D eigenvalue weighted by Gasteiger charge is 2.13. The molecule has 0 spiro atoms. The highest BCUT2D eigenvalue weighted by Crippen LogP contribution is 2.30. The van der Waals surface area contributed by atoms with Crippen LogP contribution in [0.1, 0.15) is 42.5 Å². The van der Waals surface area contributed by atoms with Crippen LogP contribution in [-0.2, 0) is 12.8 Å². The van der Waals surface area contributed by atoms with Crippen LogP contribution in [-0.4, -0.2) is 0 Å². The Bertz CT molecular complexity index is 654. The van der Waals surface area contributed by atoms with Crippen LogP contribution in [0.4, 0.5) is 5.69 Å². The Balaban J connectivity index is 1.80. The molecule has 1 nitrogen and oxygen atoms in total. The van der Waals surface area contributed by atoms with Crippen molar-refractivity contribution in [3.05, 3.63) is 62.6 Å². The number of anilines is 1. The normalized spacial score (nSPS) is 15.4. The maximum absolute atomic E-state index is 5.99. The third-order valence-electron chi connectivity index (χ3n) is 4.18. The molecule has 0 bridgehead atoms. The fraction of sp³-hybridized carbons (Fsp3) is 0.333. The Kier molecular flexibility index (Phi) is 4.56. The first-order valence-corrected chi connectivity index (χ1v) is 8.64. The lowest BCUT2D eigenvalue weighted by Gasteiger charge is -2.21. The van der Waals surface area contributed by atoms with Gasteiger partial charge in [-0.15, -0.1) is 0 Å². The molecule has 0 saturated heterocycles. The fourth-order valence-corrected chi connectivity index (χ4v) is 3.74. The van der Waals surface area contributed by atoms with Gasteiger partial charge in [0.05, 0.1) is 0 Å². The summed E-state index contributed by atoms with van der Waals surface area (Å²) in [7, 11) is 0. The standard InChI is InChI=1S/C18H19BrClN/c1-12(21-18-9-8-16(20)11-17(18)19)14-7-6-13-4-2-3-5-15(13)10-14/h6-12,21H,2-5H2,1H3. The largest absolute Gasteiger partial charge is 0.378 e. The van der Waals surface area contributed by atoms with Crippen LogP contribution in [0.15, 0.2) is 40.9 Å². The Morgan fingerprint density at radius 1 is 1.05 bits per heavy atom. The van der Waals surface area contributed by atoms with Crippen LogP contribution >= 0.6 is 27.5 Å². The van der Waals surface area contributed by atoms with E-state index >= 15 is 0 Å². The van der Waals surface area contributed by atoms with E-state index in [0.717, 1.165) is 15.2 Å². The summed E-state index contributed by atoms with van der Waals surface area (Å²) in [6.45, 7) is 2.20. The number of hydrogen-bond donors (Lipinski definition) is 1. The summed E-state index contributed by atoms with van der Waals surface area (Å²) >= 11 is 9.55. The minimum Gasteiger partial charge on any atom is -0.378 e. The Labute approximate surface area is 139 Å².